The van der Waals surface area contributed by atoms with Crippen molar-refractivity contribution in [1.82, 2.24) is 0 Å². The van der Waals surface area contributed by atoms with E-state index in [1.807, 2.05) is 31.2 Å². The van der Waals surface area contributed by atoms with Crippen LogP contribution in [0.15, 0.2) is 24.3 Å². The van der Waals surface area contributed by atoms with E-state index < -0.39 is 0 Å². The van der Waals surface area contributed by atoms with Crippen LogP contribution >= 0.6 is 0 Å². The Bertz CT molecular complexity index is 442. The molecule has 3 unspecified atom stereocenters. The van der Waals surface area contributed by atoms with Crippen molar-refractivity contribution in [3.63, 3.8) is 0 Å². The lowest BCUT2D eigenvalue weighted by molar-refractivity contribution is -0.118. The van der Waals surface area contributed by atoms with E-state index >= 15 is 0 Å². The smallest absolute Gasteiger partial charge is 0.228 e. The average Bonchev–Trinajstić information content (AvgIpc) is 2.84. The maximum absolute atomic E-state index is 12.1. The average molecular weight is 244 g/mol. The maximum atomic E-state index is 12.1. The van der Waals surface area contributed by atoms with Crippen LogP contribution in [0.2, 0.25) is 0 Å². The minimum Gasteiger partial charge on any atom is -0.326 e. The van der Waals surface area contributed by atoms with Gasteiger partial charge in [0.1, 0.15) is 0 Å². The quantitative estimate of drug-likeness (QED) is 0.859. The number of nitrogens with one attached hydrogen (secondary N) is 1. The molecule has 0 aliphatic heterocycles. The zero-order chi connectivity index (χ0) is 12.7. The van der Waals surface area contributed by atoms with E-state index in [4.69, 9.17) is 5.73 Å². The fourth-order valence-corrected chi connectivity index (χ4v) is 3.31. The largest absolute Gasteiger partial charge is 0.326 e. The molecule has 3 nitrogen and oxygen atoms in total. The Balaban J connectivity index is 1.61. The van der Waals surface area contributed by atoms with Crippen LogP contribution in [0.3, 0.4) is 0 Å². The molecule has 2 aliphatic rings. The summed E-state index contributed by atoms with van der Waals surface area (Å²) in [4.78, 5) is 12.1. The van der Waals surface area contributed by atoms with Gasteiger partial charge in [-0.05, 0) is 49.3 Å². The summed E-state index contributed by atoms with van der Waals surface area (Å²) in [6, 6.07) is 7.88. The van der Waals surface area contributed by atoms with Crippen molar-refractivity contribution in [2.24, 2.45) is 23.5 Å². The highest BCUT2D eigenvalue weighted by Crippen LogP contribution is 2.57. The maximum Gasteiger partial charge on any atom is 0.228 e. The van der Waals surface area contributed by atoms with E-state index in [0.29, 0.717) is 11.8 Å². The monoisotopic (exact) mass is 244 g/mol. The van der Waals surface area contributed by atoms with Crippen molar-refractivity contribution in [3.05, 3.63) is 29.8 Å². The van der Waals surface area contributed by atoms with Crippen molar-refractivity contribution in [3.8, 4) is 0 Å². The Morgan fingerprint density at radius 3 is 2.44 bits per heavy atom. The van der Waals surface area contributed by atoms with Crippen LogP contribution in [0.1, 0.15) is 37.8 Å². The molecule has 1 amide bonds. The van der Waals surface area contributed by atoms with Crippen molar-refractivity contribution in [2.45, 2.75) is 32.2 Å². The Morgan fingerprint density at radius 1 is 1.28 bits per heavy atom. The molecule has 0 saturated heterocycles. The van der Waals surface area contributed by atoms with E-state index in [0.717, 1.165) is 11.3 Å². The van der Waals surface area contributed by atoms with Gasteiger partial charge in [0.15, 0.2) is 0 Å². The summed E-state index contributed by atoms with van der Waals surface area (Å²) in [5.74, 6) is 1.84. The lowest BCUT2D eigenvalue weighted by Crippen LogP contribution is -2.16. The van der Waals surface area contributed by atoms with Crippen LogP contribution in [0.4, 0.5) is 5.69 Å². The topological polar surface area (TPSA) is 55.1 Å². The minimum absolute atomic E-state index is 0.0394. The zero-order valence-corrected chi connectivity index (χ0v) is 10.7. The van der Waals surface area contributed by atoms with Crippen molar-refractivity contribution >= 4 is 11.6 Å². The first-order valence-electron chi connectivity index (χ1n) is 6.83. The van der Waals surface area contributed by atoms with Gasteiger partial charge in [-0.3, -0.25) is 4.79 Å². The summed E-state index contributed by atoms with van der Waals surface area (Å²) in [6.07, 6.45) is 3.79. The van der Waals surface area contributed by atoms with E-state index in [-0.39, 0.29) is 17.9 Å². The Morgan fingerprint density at radius 2 is 1.89 bits per heavy atom. The molecule has 18 heavy (non-hydrogen) atoms. The molecule has 3 N–H and O–H groups in total. The molecule has 0 aromatic heterocycles. The molecule has 2 fully saturated rings. The molecule has 1 aromatic rings. The number of anilines is 1. The Labute approximate surface area is 108 Å². The highest BCUT2D eigenvalue weighted by atomic mass is 16.2. The Hall–Kier alpha value is -1.35. The molecule has 0 radical (unpaired) electrons. The number of carbonyl (C=O) groups is 1. The van der Waals surface area contributed by atoms with E-state index in [1.165, 1.54) is 19.3 Å². The molecule has 3 heteroatoms. The first kappa shape index (κ1) is 11.7. The number of amides is 1. The Kier molecular flexibility index (Phi) is 2.86. The second-order valence-corrected chi connectivity index (χ2v) is 5.68. The van der Waals surface area contributed by atoms with Crippen molar-refractivity contribution in [1.29, 1.82) is 0 Å². The third-order valence-electron chi connectivity index (χ3n) is 4.41. The molecule has 3 rings (SSSR count). The van der Waals surface area contributed by atoms with Gasteiger partial charge in [-0.15, -0.1) is 0 Å². The molecule has 2 aliphatic carbocycles. The summed E-state index contributed by atoms with van der Waals surface area (Å²) in [7, 11) is 0. The van der Waals surface area contributed by atoms with Crippen LogP contribution in [0.5, 0.6) is 0 Å². The number of nitrogens with two attached hydrogens (primary N) is 1. The SMILES string of the molecule is CC(N)c1ccc(NC(=O)C2C3CCCC32)cc1. The van der Waals surface area contributed by atoms with Gasteiger partial charge in [0, 0.05) is 17.6 Å². The van der Waals surface area contributed by atoms with Gasteiger partial charge in [0.2, 0.25) is 5.91 Å². The van der Waals surface area contributed by atoms with Crippen LogP contribution in [0, 0.1) is 17.8 Å². The first-order chi connectivity index (χ1) is 8.66. The van der Waals surface area contributed by atoms with E-state index in [2.05, 4.69) is 5.32 Å². The molecular weight excluding hydrogens is 224 g/mol. The van der Waals surface area contributed by atoms with Crippen LogP contribution in [-0.2, 0) is 4.79 Å². The van der Waals surface area contributed by atoms with Gasteiger partial charge in [0.05, 0.1) is 0 Å². The van der Waals surface area contributed by atoms with Crippen LogP contribution < -0.4 is 11.1 Å². The van der Waals surface area contributed by atoms with Crippen molar-refractivity contribution < 1.29 is 4.79 Å². The lowest BCUT2D eigenvalue weighted by Gasteiger charge is -2.09. The molecule has 96 valence electrons. The highest BCUT2D eigenvalue weighted by Gasteiger charge is 2.56. The minimum atomic E-state index is 0.0394. The van der Waals surface area contributed by atoms with Gasteiger partial charge in [-0.25, -0.2) is 0 Å². The van der Waals surface area contributed by atoms with Gasteiger partial charge < -0.3 is 11.1 Å². The summed E-state index contributed by atoms with van der Waals surface area (Å²) >= 11 is 0. The lowest BCUT2D eigenvalue weighted by atomic mass is 10.1. The molecule has 3 atom stereocenters. The van der Waals surface area contributed by atoms with E-state index in [1.54, 1.807) is 0 Å². The van der Waals surface area contributed by atoms with Crippen LogP contribution in [0.25, 0.3) is 0 Å². The first-order valence-corrected chi connectivity index (χ1v) is 6.83. The van der Waals surface area contributed by atoms with Gasteiger partial charge in [0.25, 0.3) is 0 Å². The zero-order valence-electron chi connectivity index (χ0n) is 10.7. The number of carbonyl (C=O) groups excluding carboxylic acids is 1. The molecular formula is C15H20N2O. The number of fused-ring (bicyclic) bond motifs is 1. The standard InChI is InChI=1S/C15H20N2O/c1-9(16)10-5-7-11(8-6-10)17-15(18)14-12-3-2-4-13(12)14/h5-9,12-14H,2-4,16H2,1H3,(H,17,18). The summed E-state index contributed by atoms with van der Waals surface area (Å²) in [5, 5.41) is 3.02. The van der Waals surface area contributed by atoms with Gasteiger partial charge in [-0.2, -0.15) is 0 Å². The molecule has 0 spiro atoms. The number of rotatable bonds is 3. The molecule has 1 aromatic carbocycles. The van der Waals surface area contributed by atoms with Gasteiger partial charge >= 0.3 is 0 Å². The number of hydrogen-bond acceptors (Lipinski definition) is 2. The molecule has 2 saturated carbocycles. The fraction of sp³-hybridized carbons (Fsp3) is 0.533. The number of hydrogen-bond donors (Lipinski definition) is 2. The second kappa shape index (κ2) is 4.39. The molecule has 0 heterocycles. The van der Waals surface area contributed by atoms with Crippen LogP contribution in [-0.4, -0.2) is 5.91 Å². The fourth-order valence-electron chi connectivity index (χ4n) is 3.31. The normalized spacial score (nSPS) is 30.7. The predicted molar refractivity (Wildman–Crippen MR) is 72.0 cm³/mol. The number of benzene rings is 1. The summed E-state index contributed by atoms with van der Waals surface area (Å²) < 4.78 is 0. The third-order valence-corrected chi connectivity index (χ3v) is 4.41. The summed E-state index contributed by atoms with van der Waals surface area (Å²) in [5.41, 5.74) is 7.78. The highest BCUT2D eigenvalue weighted by molar-refractivity contribution is 5.95. The third kappa shape index (κ3) is 2.03. The van der Waals surface area contributed by atoms with Crippen molar-refractivity contribution in [2.75, 3.05) is 5.32 Å². The molecule has 0 bridgehead atoms. The summed E-state index contributed by atoms with van der Waals surface area (Å²) in [6.45, 7) is 1.96. The van der Waals surface area contributed by atoms with E-state index in [9.17, 15) is 4.79 Å². The second-order valence-electron chi connectivity index (χ2n) is 5.68. The van der Waals surface area contributed by atoms with Gasteiger partial charge in [-0.1, -0.05) is 18.6 Å². The predicted octanol–water partition coefficient (Wildman–Crippen LogP) is 2.69.